The van der Waals surface area contributed by atoms with E-state index in [-0.39, 0.29) is 29.8 Å². The van der Waals surface area contributed by atoms with Crippen LogP contribution in [0.15, 0.2) is 18.2 Å². The molecule has 25 heavy (non-hydrogen) atoms. The summed E-state index contributed by atoms with van der Waals surface area (Å²) >= 11 is 0. The van der Waals surface area contributed by atoms with Crippen molar-refractivity contribution >= 4 is 27.1 Å². The lowest BCUT2D eigenvalue weighted by atomic mass is 10.1. The lowest BCUT2D eigenvalue weighted by Crippen LogP contribution is -2.39. The van der Waals surface area contributed by atoms with E-state index < -0.39 is 14.8 Å². The molecule has 0 spiro atoms. The molecule has 9 heteroatoms. The summed E-state index contributed by atoms with van der Waals surface area (Å²) in [7, 11) is -3.08. The highest BCUT2D eigenvalue weighted by Crippen LogP contribution is 2.21. The molecule has 1 aromatic rings. The first-order valence-corrected chi connectivity index (χ1v) is 10.1. The minimum atomic E-state index is -3.08. The van der Waals surface area contributed by atoms with Gasteiger partial charge in [0, 0.05) is 43.1 Å². The first-order valence-electron chi connectivity index (χ1n) is 8.00. The highest BCUT2D eigenvalue weighted by Gasteiger charge is 2.18. The molecule has 1 rings (SSSR count). The van der Waals surface area contributed by atoms with Gasteiger partial charge in [0.05, 0.1) is 10.7 Å². The quantitative estimate of drug-likeness (QED) is 0.525. The maximum absolute atomic E-state index is 12.1. The number of aryl methyl sites for hydroxylation is 1. The number of nitro benzene ring substituents is 1. The third-order valence-electron chi connectivity index (χ3n) is 3.89. The minimum absolute atomic E-state index is 0.0257. The Kier molecular flexibility index (Phi) is 7.50. The van der Waals surface area contributed by atoms with E-state index in [0.717, 1.165) is 0 Å². The van der Waals surface area contributed by atoms with Crippen LogP contribution in [-0.4, -0.2) is 55.3 Å². The second-order valence-electron chi connectivity index (χ2n) is 6.12. The SMILES string of the molecule is CCN(CCC(=O)Nc1ccc([N+](=O)[O-])cc1C)C(C)CS(C)(=O)=O. The molecule has 0 aromatic heterocycles. The summed E-state index contributed by atoms with van der Waals surface area (Å²) in [4.78, 5) is 24.3. The Morgan fingerprint density at radius 1 is 1.40 bits per heavy atom. The van der Waals surface area contributed by atoms with Gasteiger partial charge in [-0.05, 0) is 32.0 Å². The largest absolute Gasteiger partial charge is 0.326 e. The number of carbonyl (C=O) groups excluding carboxylic acids is 1. The van der Waals surface area contributed by atoms with Gasteiger partial charge >= 0.3 is 0 Å². The second kappa shape index (κ2) is 8.91. The highest BCUT2D eigenvalue weighted by atomic mass is 32.2. The van der Waals surface area contributed by atoms with Gasteiger partial charge in [-0.3, -0.25) is 19.8 Å². The lowest BCUT2D eigenvalue weighted by molar-refractivity contribution is -0.384. The van der Waals surface area contributed by atoms with Crippen molar-refractivity contribution in [3.05, 3.63) is 33.9 Å². The number of nitro groups is 1. The van der Waals surface area contributed by atoms with E-state index in [1.807, 2.05) is 18.7 Å². The van der Waals surface area contributed by atoms with Crippen LogP contribution in [0.25, 0.3) is 0 Å². The van der Waals surface area contributed by atoms with Crippen LogP contribution in [0.1, 0.15) is 25.8 Å². The summed E-state index contributed by atoms with van der Waals surface area (Å²) in [5.74, 6) is -0.175. The zero-order valence-corrected chi connectivity index (χ0v) is 15.8. The zero-order valence-electron chi connectivity index (χ0n) is 15.0. The van der Waals surface area contributed by atoms with Gasteiger partial charge in [0.1, 0.15) is 9.84 Å². The van der Waals surface area contributed by atoms with Crippen LogP contribution in [0.3, 0.4) is 0 Å². The molecule has 0 aliphatic heterocycles. The van der Waals surface area contributed by atoms with Crippen LogP contribution in [0.4, 0.5) is 11.4 Å². The Bertz CT molecular complexity index is 733. The van der Waals surface area contributed by atoms with Crippen LogP contribution < -0.4 is 5.32 Å². The predicted octanol–water partition coefficient (Wildman–Crippen LogP) is 1.99. The molecule has 0 aliphatic carbocycles. The van der Waals surface area contributed by atoms with E-state index in [2.05, 4.69) is 5.32 Å². The molecule has 1 atom stereocenters. The first-order chi connectivity index (χ1) is 11.5. The Balaban J connectivity index is 2.63. The maximum Gasteiger partial charge on any atom is 0.269 e. The van der Waals surface area contributed by atoms with Crippen LogP contribution in [0.5, 0.6) is 0 Å². The summed E-state index contributed by atoms with van der Waals surface area (Å²) in [5, 5.41) is 13.5. The van der Waals surface area contributed by atoms with Crippen molar-refractivity contribution in [3.8, 4) is 0 Å². The van der Waals surface area contributed by atoms with Crippen LogP contribution >= 0.6 is 0 Å². The molecule has 0 aliphatic rings. The molecule has 1 unspecified atom stereocenters. The number of hydrogen-bond donors (Lipinski definition) is 1. The van der Waals surface area contributed by atoms with E-state index in [1.165, 1.54) is 24.5 Å². The normalized spacial score (nSPS) is 12.8. The number of amides is 1. The predicted molar refractivity (Wildman–Crippen MR) is 97.5 cm³/mol. The van der Waals surface area contributed by atoms with E-state index in [4.69, 9.17) is 0 Å². The number of anilines is 1. The Labute approximate surface area is 148 Å². The molecule has 1 N–H and O–H groups in total. The van der Waals surface area contributed by atoms with Crippen LogP contribution in [0, 0.1) is 17.0 Å². The molecular weight excluding hydrogens is 346 g/mol. The molecule has 0 fully saturated rings. The van der Waals surface area contributed by atoms with E-state index in [9.17, 15) is 23.3 Å². The smallest absolute Gasteiger partial charge is 0.269 e. The molecule has 0 heterocycles. The molecule has 0 saturated carbocycles. The number of benzene rings is 1. The molecule has 0 saturated heterocycles. The number of non-ortho nitro benzene ring substituents is 1. The number of carbonyl (C=O) groups is 1. The fraction of sp³-hybridized carbons (Fsp3) is 0.562. The number of hydrogen-bond acceptors (Lipinski definition) is 6. The van der Waals surface area contributed by atoms with Crippen LogP contribution in [-0.2, 0) is 14.6 Å². The van der Waals surface area contributed by atoms with E-state index >= 15 is 0 Å². The fourth-order valence-corrected chi connectivity index (χ4v) is 3.68. The van der Waals surface area contributed by atoms with Gasteiger partial charge in [0.25, 0.3) is 5.69 Å². The Morgan fingerprint density at radius 3 is 2.52 bits per heavy atom. The number of nitrogens with one attached hydrogen (secondary N) is 1. The summed E-state index contributed by atoms with van der Waals surface area (Å²) in [6.07, 6.45) is 1.40. The van der Waals surface area contributed by atoms with Crippen molar-refractivity contribution in [2.24, 2.45) is 0 Å². The first kappa shape index (κ1) is 21.0. The van der Waals surface area contributed by atoms with Gasteiger partial charge in [-0.2, -0.15) is 0 Å². The molecule has 140 valence electrons. The number of nitrogens with zero attached hydrogens (tertiary/aromatic N) is 2. The van der Waals surface area contributed by atoms with Gasteiger partial charge in [-0.25, -0.2) is 8.42 Å². The van der Waals surface area contributed by atoms with Crippen LogP contribution in [0.2, 0.25) is 0 Å². The minimum Gasteiger partial charge on any atom is -0.326 e. The molecule has 0 bridgehead atoms. The van der Waals surface area contributed by atoms with Gasteiger partial charge < -0.3 is 5.32 Å². The number of sulfone groups is 1. The van der Waals surface area contributed by atoms with Gasteiger partial charge in [-0.15, -0.1) is 0 Å². The summed E-state index contributed by atoms with van der Waals surface area (Å²) in [5.41, 5.74) is 1.12. The van der Waals surface area contributed by atoms with Crippen molar-refractivity contribution in [2.75, 3.05) is 30.4 Å². The monoisotopic (exact) mass is 371 g/mol. The molecule has 0 radical (unpaired) electrons. The molecule has 1 amide bonds. The molecule has 1 aromatic carbocycles. The van der Waals surface area contributed by atoms with Gasteiger partial charge in [-0.1, -0.05) is 6.92 Å². The van der Waals surface area contributed by atoms with Gasteiger partial charge in [0.2, 0.25) is 5.91 Å². The average molecular weight is 371 g/mol. The van der Waals surface area contributed by atoms with Crippen molar-refractivity contribution in [3.63, 3.8) is 0 Å². The van der Waals surface area contributed by atoms with Crippen molar-refractivity contribution < 1.29 is 18.1 Å². The maximum atomic E-state index is 12.1. The number of rotatable bonds is 9. The van der Waals surface area contributed by atoms with Gasteiger partial charge in [0.15, 0.2) is 0 Å². The van der Waals surface area contributed by atoms with E-state index in [1.54, 1.807) is 6.92 Å². The molecule has 8 nitrogen and oxygen atoms in total. The highest BCUT2D eigenvalue weighted by molar-refractivity contribution is 7.90. The van der Waals surface area contributed by atoms with E-state index in [0.29, 0.717) is 24.3 Å². The Hall–Kier alpha value is -2.00. The summed E-state index contributed by atoms with van der Waals surface area (Å²) in [6, 6.07) is 4.08. The lowest BCUT2D eigenvalue weighted by Gasteiger charge is -2.27. The summed E-state index contributed by atoms with van der Waals surface area (Å²) < 4.78 is 22.8. The summed E-state index contributed by atoms with van der Waals surface area (Å²) in [6.45, 7) is 6.50. The fourth-order valence-electron chi connectivity index (χ4n) is 2.59. The third-order valence-corrected chi connectivity index (χ3v) is 4.98. The van der Waals surface area contributed by atoms with Crippen molar-refractivity contribution in [1.82, 2.24) is 4.90 Å². The van der Waals surface area contributed by atoms with Crippen molar-refractivity contribution in [1.29, 1.82) is 0 Å². The third kappa shape index (κ3) is 7.18. The second-order valence-corrected chi connectivity index (χ2v) is 8.31. The zero-order chi connectivity index (χ0) is 19.2. The molecular formula is C16H25N3O5S. The standard InChI is InChI=1S/C16H25N3O5S/c1-5-18(13(3)11-25(4,23)24)9-8-16(20)17-15-7-6-14(19(21)22)10-12(15)2/h6-7,10,13H,5,8-9,11H2,1-4H3,(H,17,20). The average Bonchev–Trinajstić information content (AvgIpc) is 2.47. The van der Waals surface area contributed by atoms with Crippen molar-refractivity contribution in [2.45, 2.75) is 33.2 Å². The topological polar surface area (TPSA) is 110 Å². The Morgan fingerprint density at radius 2 is 2.04 bits per heavy atom.